The average Bonchev–Trinajstić information content (AvgIpc) is 2.71. The minimum Gasteiger partial charge on any atom is -0.353 e. The SMILES string of the molecule is C=CCC(N)C(=O)NCCn1cccc1. The minimum absolute atomic E-state index is 0.123. The van der Waals surface area contributed by atoms with E-state index in [1.165, 1.54) is 0 Å². The zero-order chi connectivity index (χ0) is 11.1. The van der Waals surface area contributed by atoms with E-state index in [9.17, 15) is 4.79 Å². The third kappa shape index (κ3) is 3.99. The molecule has 3 N–H and O–H groups in total. The van der Waals surface area contributed by atoms with Crippen LogP contribution in [-0.2, 0) is 11.3 Å². The van der Waals surface area contributed by atoms with Crippen molar-refractivity contribution in [2.75, 3.05) is 6.54 Å². The maximum atomic E-state index is 11.4. The van der Waals surface area contributed by atoms with E-state index in [-0.39, 0.29) is 5.91 Å². The van der Waals surface area contributed by atoms with Crippen LogP contribution >= 0.6 is 0 Å². The number of carbonyl (C=O) groups is 1. The Labute approximate surface area is 89.8 Å². The summed E-state index contributed by atoms with van der Waals surface area (Å²) >= 11 is 0. The molecule has 0 bridgehead atoms. The number of aromatic nitrogens is 1. The number of nitrogens with zero attached hydrogens (tertiary/aromatic N) is 1. The molecule has 15 heavy (non-hydrogen) atoms. The highest BCUT2D eigenvalue weighted by atomic mass is 16.2. The summed E-state index contributed by atoms with van der Waals surface area (Å²) in [5.41, 5.74) is 5.60. The zero-order valence-electron chi connectivity index (χ0n) is 8.73. The summed E-state index contributed by atoms with van der Waals surface area (Å²) in [4.78, 5) is 11.4. The molecular formula is C11H17N3O. The number of carbonyl (C=O) groups excluding carboxylic acids is 1. The summed E-state index contributed by atoms with van der Waals surface area (Å²) in [5, 5.41) is 2.77. The van der Waals surface area contributed by atoms with Crippen LogP contribution in [0.4, 0.5) is 0 Å². The van der Waals surface area contributed by atoms with Crippen LogP contribution in [0.3, 0.4) is 0 Å². The first-order valence-corrected chi connectivity index (χ1v) is 4.99. The van der Waals surface area contributed by atoms with E-state index in [2.05, 4.69) is 11.9 Å². The van der Waals surface area contributed by atoms with Gasteiger partial charge < -0.3 is 15.6 Å². The van der Waals surface area contributed by atoms with E-state index >= 15 is 0 Å². The van der Waals surface area contributed by atoms with Gasteiger partial charge in [-0.2, -0.15) is 0 Å². The molecule has 1 atom stereocenters. The Kier molecular flexibility index (Phi) is 4.63. The minimum atomic E-state index is -0.479. The van der Waals surface area contributed by atoms with Gasteiger partial charge in [0.1, 0.15) is 0 Å². The average molecular weight is 207 g/mol. The Morgan fingerprint density at radius 3 is 2.80 bits per heavy atom. The highest BCUT2D eigenvalue weighted by molar-refractivity contribution is 5.81. The van der Waals surface area contributed by atoms with Crippen LogP contribution in [0.1, 0.15) is 6.42 Å². The molecule has 0 aliphatic rings. The van der Waals surface area contributed by atoms with E-state index in [1.54, 1.807) is 6.08 Å². The van der Waals surface area contributed by atoms with Crippen molar-refractivity contribution in [1.29, 1.82) is 0 Å². The smallest absolute Gasteiger partial charge is 0.237 e. The lowest BCUT2D eigenvalue weighted by Crippen LogP contribution is -2.41. The van der Waals surface area contributed by atoms with Gasteiger partial charge in [-0.05, 0) is 18.6 Å². The Morgan fingerprint density at radius 2 is 2.20 bits per heavy atom. The van der Waals surface area contributed by atoms with Gasteiger partial charge in [0.25, 0.3) is 0 Å². The molecule has 1 amide bonds. The highest BCUT2D eigenvalue weighted by Gasteiger charge is 2.09. The Balaban J connectivity index is 2.19. The number of amides is 1. The second-order valence-electron chi connectivity index (χ2n) is 3.34. The topological polar surface area (TPSA) is 60.1 Å². The number of rotatable bonds is 6. The Morgan fingerprint density at radius 1 is 1.53 bits per heavy atom. The molecule has 0 aliphatic carbocycles. The second-order valence-corrected chi connectivity index (χ2v) is 3.34. The molecule has 1 rings (SSSR count). The van der Waals surface area contributed by atoms with Crippen molar-refractivity contribution in [2.45, 2.75) is 19.0 Å². The van der Waals surface area contributed by atoms with Gasteiger partial charge in [-0.1, -0.05) is 6.08 Å². The van der Waals surface area contributed by atoms with Crippen molar-refractivity contribution in [3.8, 4) is 0 Å². The van der Waals surface area contributed by atoms with Crippen molar-refractivity contribution < 1.29 is 4.79 Å². The fourth-order valence-electron chi connectivity index (χ4n) is 1.25. The molecule has 0 aromatic carbocycles. The Bertz CT molecular complexity index is 306. The lowest BCUT2D eigenvalue weighted by molar-refractivity contribution is -0.122. The third-order valence-electron chi connectivity index (χ3n) is 2.09. The van der Waals surface area contributed by atoms with Crippen LogP contribution in [0, 0.1) is 0 Å². The van der Waals surface area contributed by atoms with Crippen LogP contribution in [-0.4, -0.2) is 23.1 Å². The van der Waals surface area contributed by atoms with Crippen LogP contribution in [0.25, 0.3) is 0 Å². The van der Waals surface area contributed by atoms with Crippen molar-refractivity contribution in [2.24, 2.45) is 5.73 Å². The van der Waals surface area contributed by atoms with Gasteiger partial charge >= 0.3 is 0 Å². The molecule has 1 heterocycles. The molecule has 4 nitrogen and oxygen atoms in total. The molecule has 0 radical (unpaired) electrons. The van der Waals surface area contributed by atoms with Gasteiger partial charge in [0.05, 0.1) is 6.04 Å². The van der Waals surface area contributed by atoms with Gasteiger partial charge in [0.2, 0.25) is 5.91 Å². The van der Waals surface area contributed by atoms with Gasteiger partial charge in [-0.3, -0.25) is 4.79 Å². The first-order valence-electron chi connectivity index (χ1n) is 4.99. The normalized spacial score (nSPS) is 12.1. The molecule has 0 spiro atoms. The largest absolute Gasteiger partial charge is 0.353 e. The van der Waals surface area contributed by atoms with Gasteiger partial charge in [-0.15, -0.1) is 6.58 Å². The molecule has 1 unspecified atom stereocenters. The maximum Gasteiger partial charge on any atom is 0.237 e. The number of nitrogens with one attached hydrogen (secondary N) is 1. The predicted molar refractivity (Wildman–Crippen MR) is 60.2 cm³/mol. The maximum absolute atomic E-state index is 11.4. The first-order chi connectivity index (χ1) is 7.24. The summed E-state index contributed by atoms with van der Waals surface area (Å²) in [6, 6.07) is 3.42. The van der Waals surface area contributed by atoms with Crippen molar-refractivity contribution in [1.82, 2.24) is 9.88 Å². The van der Waals surface area contributed by atoms with Gasteiger partial charge in [0.15, 0.2) is 0 Å². The monoisotopic (exact) mass is 207 g/mol. The van der Waals surface area contributed by atoms with Crippen molar-refractivity contribution >= 4 is 5.91 Å². The lowest BCUT2D eigenvalue weighted by atomic mass is 10.2. The van der Waals surface area contributed by atoms with Gasteiger partial charge in [-0.25, -0.2) is 0 Å². The molecule has 0 aliphatic heterocycles. The van der Waals surface area contributed by atoms with Crippen molar-refractivity contribution in [3.05, 3.63) is 37.2 Å². The molecule has 0 fully saturated rings. The van der Waals surface area contributed by atoms with Crippen molar-refractivity contribution in [3.63, 3.8) is 0 Å². The van der Waals surface area contributed by atoms with Crippen LogP contribution < -0.4 is 11.1 Å². The zero-order valence-corrected chi connectivity index (χ0v) is 8.73. The summed E-state index contributed by atoms with van der Waals surface area (Å²) in [6.45, 7) is 4.90. The summed E-state index contributed by atoms with van der Waals surface area (Å²) in [6.07, 6.45) is 6.07. The molecular weight excluding hydrogens is 190 g/mol. The fraction of sp³-hybridized carbons (Fsp3) is 0.364. The van der Waals surface area contributed by atoms with Crippen LogP contribution in [0.15, 0.2) is 37.2 Å². The predicted octanol–water partition coefficient (Wildman–Crippen LogP) is 0.508. The molecule has 0 saturated carbocycles. The lowest BCUT2D eigenvalue weighted by Gasteiger charge is -2.10. The molecule has 82 valence electrons. The van der Waals surface area contributed by atoms with Crippen LogP contribution in [0.5, 0.6) is 0 Å². The fourth-order valence-corrected chi connectivity index (χ4v) is 1.25. The van der Waals surface area contributed by atoms with E-state index in [4.69, 9.17) is 5.73 Å². The summed E-state index contributed by atoms with van der Waals surface area (Å²) < 4.78 is 2.00. The molecule has 1 aromatic heterocycles. The number of hydrogen-bond acceptors (Lipinski definition) is 2. The van der Waals surface area contributed by atoms with E-state index in [0.717, 1.165) is 6.54 Å². The number of nitrogens with two attached hydrogens (primary N) is 1. The summed E-state index contributed by atoms with van der Waals surface area (Å²) in [5.74, 6) is -0.123. The first kappa shape index (κ1) is 11.5. The summed E-state index contributed by atoms with van der Waals surface area (Å²) in [7, 11) is 0. The van der Waals surface area contributed by atoms with E-state index in [1.807, 2.05) is 29.1 Å². The second kappa shape index (κ2) is 6.03. The number of hydrogen-bond donors (Lipinski definition) is 2. The molecule has 1 aromatic rings. The van der Waals surface area contributed by atoms with E-state index in [0.29, 0.717) is 13.0 Å². The Hall–Kier alpha value is -1.55. The molecule has 4 heteroatoms. The quantitative estimate of drug-likeness (QED) is 0.668. The standard InChI is InChI=1S/C11H17N3O/c1-2-5-10(12)11(15)13-6-9-14-7-3-4-8-14/h2-4,7-8,10H,1,5-6,9,12H2,(H,13,15). The molecule has 0 saturated heterocycles. The van der Waals surface area contributed by atoms with E-state index < -0.39 is 6.04 Å². The highest BCUT2D eigenvalue weighted by Crippen LogP contribution is 1.90. The third-order valence-corrected chi connectivity index (χ3v) is 2.09. The van der Waals surface area contributed by atoms with Gasteiger partial charge in [0, 0.05) is 25.5 Å². The van der Waals surface area contributed by atoms with Crippen LogP contribution in [0.2, 0.25) is 0 Å².